The van der Waals surface area contributed by atoms with Gasteiger partial charge >= 0.3 is 0 Å². The van der Waals surface area contributed by atoms with Crippen LogP contribution in [0.2, 0.25) is 0 Å². The van der Waals surface area contributed by atoms with Gasteiger partial charge in [-0.05, 0) is 25.7 Å². The molecule has 1 aliphatic rings. The highest BCUT2D eigenvalue weighted by molar-refractivity contribution is 5.62. The van der Waals surface area contributed by atoms with E-state index in [-0.39, 0.29) is 12.1 Å². The highest BCUT2D eigenvalue weighted by Crippen LogP contribution is 2.16. The molecule has 0 aliphatic heterocycles. The normalized spacial score (nSPS) is 31.4. The number of carbonyl (C=O) groups excluding carboxylic acids is 1. The van der Waals surface area contributed by atoms with Gasteiger partial charge in [0.1, 0.15) is 6.09 Å². The van der Waals surface area contributed by atoms with Crippen LogP contribution in [0.1, 0.15) is 25.7 Å². The Bertz CT molecular complexity index is 141. The molecule has 0 spiro atoms. The molecule has 4 heteroatoms. The van der Waals surface area contributed by atoms with Gasteiger partial charge in [0, 0.05) is 12.1 Å². The molecule has 3 N–H and O–H groups in total. The molecule has 0 aromatic rings. The average molecular weight is 157 g/mol. The van der Waals surface area contributed by atoms with Crippen molar-refractivity contribution >= 4 is 6.09 Å². The number of nitrogens with one attached hydrogen (secondary N) is 1. The van der Waals surface area contributed by atoms with Crippen LogP contribution in [0.4, 0.5) is 4.79 Å². The van der Waals surface area contributed by atoms with E-state index in [2.05, 4.69) is 5.32 Å². The molecular weight excluding hydrogens is 144 g/mol. The minimum absolute atomic E-state index is 0.0693. The van der Waals surface area contributed by atoms with Crippen molar-refractivity contribution in [2.24, 2.45) is 5.73 Å². The average Bonchev–Trinajstić information content (AvgIpc) is 1.93. The van der Waals surface area contributed by atoms with Crippen molar-refractivity contribution < 1.29 is 9.90 Å². The van der Waals surface area contributed by atoms with E-state index in [1.165, 1.54) is 0 Å². The third-order valence-corrected chi connectivity index (χ3v) is 2.09. The van der Waals surface area contributed by atoms with Crippen LogP contribution in [0.5, 0.6) is 0 Å². The topological polar surface area (TPSA) is 78.2 Å². The molecule has 0 bridgehead atoms. The first-order valence-electron chi connectivity index (χ1n) is 3.91. The van der Waals surface area contributed by atoms with E-state index in [0.717, 1.165) is 25.7 Å². The molecule has 0 saturated heterocycles. The highest BCUT2D eigenvalue weighted by atomic mass is 16.4. The fourth-order valence-corrected chi connectivity index (χ4v) is 1.43. The van der Waals surface area contributed by atoms with E-state index in [0.29, 0.717) is 0 Å². The predicted molar refractivity (Wildman–Crippen MR) is 38.8 cm³/mol. The Hall–Kier alpha value is -0.770. The fraction of sp³-hybridized carbons (Fsp3) is 0.857. The van der Waals surface area contributed by atoms with Crippen molar-refractivity contribution in [3.8, 4) is 0 Å². The van der Waals surface area contributed by atoms with Crippen LogP contribution in [0.3, 0.4) is 0 Å². The molecule has 0 unspecified atom stereocenters. The summed E-state index contributed by atoms with van der Waals surface area (Å²) in [5.74, 6) is 0. The van der Waals surface area contributed by atoms with E-state index in [4.69, 9.17) is 5.73 Å². The molecule has 64 valence electrons. The number of amides is 1. The van der Waals surface area contributed by atoms with E-state index < -0.39 is 6.09 Å². The van der Waals surface area contributed by atoms with Crippen molar-refractivity contribution in [2.45, 2.75) is 37.8 Å². The number of carboxylic acid groups (broad SMARTS) is 1. The molecule has 0 aromatic heterocycles. The summed E-state index contributed by atoms with van der Waals surface area (Å²) in [7, 11) is 0. The van der Waals surface area contributed by atoms with Crippen molar-refractivity contribution in [3.05, 3.63) is 0 Å². The van der Waals surface area contributed by atoms with Crippen molar-refractivity contribution in [2.75, 3.05) is 0 Å². The van der Waals surface area contributed by atoms with Crippen LogP contribution in [0.25, 0.3) is 0 Å². The number of hydrogen-bond donors (Lipinski definition) is 2. The van der Waals surface area contributed by atoms with Gasteiger partial charge in [-0.3, -0.25) is 0 Å². The fourth-order valence-electron chi connectivity index (χ4n) is 1.43. The van der Waals surface area contributed by atoms with Gasteiger partial charge in [-0.25, -0.2) is 0 Å². The van der Waals surface area contributed by atoms with Gasteiger partial charge in [-0.1, -0.05) is 0 Å². The second-order valence-electron chi connectivity index (χ2n) is 3.04. The zero-order chi connectivity index (χ0) is 8.27. The summed E-state index contributed by atoms with van der Waals surface area (Å²) in [6.07, 6.45) is 2.32. The summed E-state index contributed by atoms with van der Waals surface area (Å²) >= 11 is 0. The van der Waals surface area contributed by atoms with E-state index in [1.807, 2.05) is 0 Å². The first-order valence-corrected chi connectivity index (χ1v) is 3.91. The standard InChI is InChI=1S/C7H14N2O2/c8-5-1-3-6(4-2-5)9-7(10)11/h5-6,9H,1-4,8H2,(H,10,11)/p-1. The Labute approximate surface area is 65.8 Å². The molecule has 1 fully saturated rings. The quantitative estimate of drug-likeness (QED) is 0.522. The van der Waals surface area contributed by atoms with Gasteiger partial charge in [0.15, 0.2) is 0 Å². The van der Waals surface area contributed by atoms with E-state index >= 15 is 0 Å². The molecule has 11 heavy (non-hydrogen) atoms. The van der Waals surface area contributed by atoms with Gasteiger partial charge < -0.3 is 21.0 Å². The lowest BCUT2D eigenvalue weighted by atomic mass is 9.92. The Morgan fingerprint density at radius 3 is 2.36 bits per heavy atom. The van der Waals surface area contributed by atoms with Crippen molar-refractivity contribution in [1.29, 1.82) is 0 Å². The molecule has 1 rings (SSSR count). The second kappa shape index (κ2) is 3.57. The first kappa shape index (κ1) is 8.33. The molecule has 0 atom stereocenters. The van der Waals surface area contributed by atoms with Gasteiger partial charge in [0.25, 0.3) is 0 Å². The molecule has 0 aromatic carbocycles. The summed E-state index contributed by atoms with van der Waals surface area (Å²) < 4.78 is 0. The lowest BCUT2D eigenvalue weighted by Gasteiger charge is -2.27. The summed E-state index contributed by atoms with van der Waals surface area (Å²) in [6.45, 7) is 0. The van der Waals surface area contributed by atoms with Gasteiger partial charge in [0.2, 0.25) is 0 Å². The van der Waals surface area contributed by atoms with Gasteiger partial charge in [0.05, 0.1) is 0 Å². The Morgan fingerprint density at radius 2 is 1.91 bits per heavy atom. The summed E-state index contributed by atoms with van der Waals surface area (Å²) in [5.41, 5.74) is 5.64. The Balaban J connectivity index is 2.22. The molecule has 1 amide bonds. The lowest BCUT2D eigenvalue weighted by Crippen LogP contribution is -2.46. The number of nitrogens with two attached hydrogens (primary N) is 1. The first-order chi connectivity index (χ1) is 5.18. The van der Waals surface area contributed by atoms with Crippen LogP contribution >= 0.6 is 0 Å². The second-order valence-corrected chi connectivity index (χ2v) is 3.04. The zero-order valence-corrected chi connectivity index (χ0v) is 6.38. The minimum Gasteiger partial charge on any atom is -0.530 e. The van der Waals surface area contributed by atoms with Crippen molar-refractivity contribution in [1.82, 2.24) is 5.32 Å². The molecule has 4 nitrogen and oxygen atoms in total. The molecule has 1 saturated carbocycles. The Kier molecular flexibility index (Phi) is 2.70. The van der Waals surface area contributed by atoms with Crippen molar-refractivity contribution in [3.63, 3.8) is 0 Å². The lowest BCUT2D eigenvalue weighted by molar-refractivity contribution is -0.251. The van der Waals surface area contributed by atoms with E-state index in [1.54, 1.807) is 0 Å². The SMILES string of the molecule is NC1CCC(NC(=O)[O-])CC1. The summed E-state index contributed by atoms with van der Waals surface area (Å²) in [6, 6.07) is 0.328. The van der Waals surface area contributed by atoms with Gasteiger partial charge in [-0.15, -0.1) is 0 Å². The zero-order valence-electron chi connectivity index (χ0n) is 6.38. The smallest absolute Gasteiger partial charge is 0.134 e. The summed E-state index contributed by atoms with van der Waals surface area (Å²) in [4.78, 5) is 10.1. The molecule has 1 aliphatic carbocycles. The minimum atomic E-state index is -1.18. The molecular formula is C7H13N2O2-. The Morgan fingerprint density at radius 1 is 1.36 bits per heavy atom. The molecule has 0 radical (unpaired) electrons. The maximum atomic E-state index is 10.1. The number of carbonyl (C=O) groups is 1. The number of rotatable bonds is 1. The summed E-state index contributed by atoms with van der Waals surface area (Å²) in [5, 5.41) is 12.4. The van der Waals surface area contributed by atoms with Gasteiger partial charge in [-0.2, -0.15) is 0 Å². The third kappa shape index (κ3) is 2.76. The largest absolute Gasteiger partial charge is 0.530 e. The monoisotopic (exact) mass is 157 g/mol. The van der Waals surface area contributed by atoms with E-state index in [9.17, 15) is 9.90 Å². The van der Waals surface area contributed by atoms with Crippen LogP contribution in [-0.4, -0.2) is 18.2 Å². The van der Waals surface area contributed by atoms with Crippen LogP contribution in [-0.2, 0) is 0 Å². The maximum absolute atomic E-state index is 10.1. The third-order valence-electron chi connectivity index (χ3n) is 2.09. The van der Waals surface area contributed by atoms with Crippen LogP contribution < -0.4 is 16.2 Å². The van der Waals surface area contributed by atoms with Crippen LogP contribution in [0.15, 0.2) is 0 Å². The predicted octanol–water partition coefficient (Wildman–Crippen LogP) is -0.811. The highest BCUT2D eigenvalue weighted by Gasteiger charge is 2.17. The van der Waals surface area contributed by atoms with Crippen LogP contribution in [0, 0.1) is 0 Å². The number of hydrogen-bond acceptors (Lipinski definition) is 3. The maximum Gasteiger partial charge on any atom is 0.134 e. The molecule has 0 heterocycles.